The molecule has 2 N–H and O–H groups in total. The first-order chi connectivity index (χ1) is 5.46. The molecule has 0 aliphatic heterocycles. The Labute approximate surface area is 84.3 Å². The van der Waals surface area contributed by atoms with Gasteiger partial charge < -0.3 is 10.2 Å². The average Bonchev–Trinajstić information content (AvgIpc) is 2.08. The van der Waals surface area contributed by atoms with Crippen LogP contribution in [0.5, 0.6) is 11.5 Å². The van der Waals surface area contributed by atoms with Crippen LogP contribution >= 0.6 is 34.8 Å². The van der Waals surface area contributed by atoms with Crippen molar-refractivity contribution in [2.75, 3.05) is 0 Å². The van der Waals surface area contributed by atoms with Crippen molar-refractivity contribution < 1.29 is 10.2 Å². The number of halogens is 3. The zero-order valence-electron chi connectivity index (χ0n) is 6.03. The molecule has 0 fully saturated rings. The summed E-state index contributed by atoms with van der Waals surface area (Å²) in [4.78, 5) is 0. The van der Waals surface area contributed by atoms with Gasteiger partial charge in [0.05, 0.1) is 5.02 Å². The Morgan fingerprint density at radius 2 is 1.25 bits per heavy atom. The van der Waals surface area contributed by atoms with Crippen LogP contribution in [-0.2, 0) is 0 Å². The van der Waals surface area contributed by atoms with Crippen LogP contribution in [-0.4, -0.2) is 10.2 Å². The SMILES string of the molecule is Cc1c(O)c(Cl)c(Cl)c(O)c1Cl. The smallest absolute Gasteiger partial charge is 0.154 e. The molecule has 0 amide bonds. The van der Waals surface area contributed by atoms with E-state index in [-0.39, 0.29) is 26.6 Å². The van der Waals surface area contributed by atoms with Crippen LogP contribution in [0.15, 0.2) is 0 Å². The summed E-state index contributed by atoms with van der Waals surface area (Å²) in [6.45, 7) is 1.53. The van der Waals surface area contributed by atoms with Gasteiger partial charge in [-0.2, -0.15) is 0 Å². The normalized spacial score (nSPS) is 10.3. The van der Waals surface area contributed by atoms with Crippen LogP contribution in [0.25, 0.3) is 0 Å². The molecule has 0 saturated heterocycles. The van der Waals surface area contributed by atoms with Gasteiger partial charge in [-0.05, 0) is 6.92 Å². The van der Waals surface area contributed by atoms with Crippen molar-refractivity contribution in [1.29, 1.82) is 0 Å². The van der Waals surface area contributed by atoms with Crippen molar-refractivity contribution in [2.24, 2.45) is 0 Å². The summed E-state index contributed by atoms with van der Waals surface area (Å²) >= 11 is 16.7. The molecule has 0 spiro atoms. The quantitative estimate of drug-likeness (QED) is 0.527. The second-order valence-electron chi connectivity index (χ2n) is 2.26. The maximum atomic E-state index is 9.28. The predicted molar refractivity (Wildman–Crippen MR) is 49.5 cm³/mol. The number of benzene rings is 1. The molecule has 1 aromatic rings. The van der Waals surface area contributed by atoms with Gasteiger partial charge in [-0.3, -0.25) is 0 Å². The molecule has 0 heterocycles. The van der Waals surface area contributed by atoms with E-state index in [0.717, 1.165) is 0 Å². The standard InChI is InChI=1S/C7H5Cl3O2/c1-2-3(8)7(12)5(10)4(9)6(2)11/h11-12H,1H3. The summed E-state index contributed by atoms with van der Waals surface area (Å²) in [7, 11) is 0. The molecular formula is C7H5Cl3O2. The second kappa shape index (κ2) is 3.21. The van der Waals surface area contributed by atoms with E-state index in [1.165, 1.54) is 6.92 Å². The van der Waals surface area contributed by atoms with E-state index in [0.29, 0.717) is 5.56 Å². The van der Waals surface area contributed by atoms with E-state index >= 15 is 0 Å². The van der Waals surface area contributed by atoms with E-state index in [1.807, 2.05) is 0 Å². The van der Waals surface area contributed by atoms with E-state index in [9.17, 15) is 10.2 Å². The summed E-state index contributed by atoms with van der Waals surface area (Å²) in [5.74, 6) is -0.511. The van der Waals surface area contributed by atoms with Crippen molar-refractivity contribution in [3.05, 3.63) is 20.6 Å². The zero-order chi connectivity index (χ0) is 9.46. The minimum atomic E-state index is -0.307. The third-order valence-corrected chi connectivity index (χ3v) is 2.80. The molecule has 0 saturated carbocycles. The second-order valence-corrected chi connectivity index (χ2v) is 3.40. The molecule has 0 aliphatic carbocycles. The molecule has 12 heavy (non-hydrogen) atoms. The summed E-state index contributed by atoms with van der Waals surface area (Å²) < 4.78 is 0. The van der Waals surface area contributed by atoms with Gasteiger partial charge in [-0.15, -0.1) is 0 Å². The number of hydrogen-bond donors (Lipinski definition) is 2. The van der Waals surface area contributed by atoms with Gasteiger partial charge in [-0.1, -0.05) is 34.8 Å². The van der Waals surface area contributed by atoms with Crippen LogP contribution in [0.2, 0.25) is 15.1 Å². The molecule has 0 bridgehead atoms. The number of hydrogen-bond acceptors (Lipinski definition) is 2. The van der Waals surface area contributed by atoms with E-state index < -0.39 is 0 Å². The molecule has 0 unspecified atom stereocenters. The highest BCUT2D eigenvalue weighted by Gasteiger charge is 2.17. The number of rotatable bonds is 0. The van der Waals surface area contributed by atoms with Crippen molar-refractivity contribution in [3.8, 4) is 11.5 Å². The first kappa shape index (κ1) is 9.78. The monoisotopic (exact) mass is 226 g/mol. The number of aromatic hydroxyl groups is 2. The number of phenols is 2. The molecule has 5 heteroatoms. The summed E-state index contributed by atoms with van der Waals surface area (Å²) in [5.41, 5.74) is 0.309. The van der Waals surface area contributed by atoms with Gasteiger partial charge in [0.15, 0.2) is 5.75 Å². The van der Waals surface area contributed by atoms with Gasteiger partial charge in [-0.25, -0.2) is 0 Å². The third kappa shape index (κ3) is 1.30. The highest BCUT2D eigenvalue weighted by atomic mass is 35.5. The average molecular weight is 227 g/mol. The van der Waals surface area contributed by atoms with Crippen LogP contribution < -0.4 is 0 Å². The Morgan fingerprint density at radius 3 is 1.75 bits per heavy atom. The van der Waals surface area contributed by atoms with Crippen molar-refractivity contribution in [1.82, 2.24) is 0 Å². The van der Waals surface area contributed by atoms with Crippen molar-refractivity contribution in [3.63, 3.8) is 0 Å². The van der Waals surface area contributed by atoms with E-state index in [1.54, 1.807) is 0 Å². The molecule has 2 nitrogen and oxygen atoms in total. The Balaban J connectivity index is 3.60. The minimum absolute atomic E-state index is 0.0156. The lowest BCUT2D eigenvalue weighted by atomic mass is 10.2. The minimum Gasteiger partial charge on any atom is -0.506 e. The van der Waals surface area contributed by atoms with Gasteiger partial charge >= 0.3 is 0 Å². The largest absolute Gasteiger partial charge is 0.506 e. The Bertz CT molecular complexity index is 231. The Morgan fingerprint density at radius 1 is 0.833 bits per heavy atom. The topological polar surface area (TPSA) is 40.5 Å². The highest BCUT2D eigenvalue weighted by Crippen LogP contribution is 2.45. The van der Waals surface area contributed by atoms with Gasteiger partial charge in [0.2, 0.25) is 0 Å². The maximum Gasteiger partial charge on any atom is 0.154 e. The molecule has 1 rings (SSSR count). The summed E-state index contributed by atoms with van der Waals surface area (Å²) in [6.07, 6.45) is 0. The highest BCUT2D eigenvalue weighted by molar-refractivity contribution is 6.46. The Hall–Kier alpha value is -0.310. The third-order valence-electron chi connectivity index (χ3n) is 1.50. The molecular weight excluding hydrogens is 222 g/mol. The van der Waals surface area contributed by atoms with Gasteiger partial charge in [0.25, 0.3) is 0 Å². The predicted octanol–water partition coefficient (Wildman–Crippen LogP) is 3.37. The fraction of sp³-hybridized carbons (Fsp3) is 0.143. The summed E-state index contributed by atoms with van der Waals surface area (Å²) in [6, 6.07) is 0. The van der Waals surface area contributed by atoms with Crippen LogP contribution in [0.3, 0.4) is 0 Å². The van der Waals surface area contributed by atoms with Crippen LogP contribution in [0, 0.1) is 6.92 Å². The first-order valence-electron chi connectivity index (χ1n) is 3.01. The molecule has 1 aromatic carbocycles. The molecule has 0 radical (unpaired) electrons. The number of phenolic OH excluding ortho intramolecular Hbond substituents is 2. The lowest BCUT2D eigenvalue weighted by molar-refractivity contribution is 0.457. The molecule has 0 atom stereocenters. The fourth-order valence-electron chi connectivity index (χ4n) is 0.750. The van der Waals surface area contributed by atoms with Gasteiger partial charge in [0.1, 0.15) is 15.8 Å². The molecule has 0 aliphatic rings. The van der Waals surface area contributed by atoms with Crippen molar-refractivity contribution in [2.45, 2.75) is 6.92 Å². The van der Waals surface area contributed by atoms with Crippen molar-refractivity contribution >= 4 is 34.8 Å². The summed E-state index contributed by atoms with van der Waals surface area (Å²) in [5, 5.41) is 18.3. The maximum absolute atomic E-state index is 9.28. The van der Waals surface area contributed by atoms with Crippen LogP contribution in [0.1, 0.15) is 5.56 Å². The lowest BCUT2D eigenvalue weighted by Gasteiger charge is -2.08. The molecule has 66 valence electrons. The lowest BCUT2D eigenvalue weighted by Crippen LogP contribution is -1.82. The Kier molecular flexibility index (Phi) is 2.61. The fourth-order valence-corrected chi connectivity index (χ4v) is 1.40. The van der Waals surface area contributed by atoms with Crippen LogP contribution in [0.4, 0.5) is 0 Å². The zero-order valence-corrected chi connectivity index (χ0v) is 8.30. The molecule has 0 aromatic heterocycles. The first-order valence-corrected chi connectivity index (χ1v) is 4.15. The van der Waals surface area contributed by atoms with E-state index in [2.05, 4.69) is 0 Å². The van der Waals surface area contributed by atoms with Gasteiger partial charge in [0, 0.05) is 5.56 Å². The van der Waals surface area contributed by atoms with E-state index in [4.69, 9.17) is 34.8 Å².